The van der Waals surface area contributed by atoms with Gasteiger partial charge in [-0.05, 0) is 176 Å². The number of halogens is 6. The zero-order valence-corrected chi connectivity index (χ0v) is 79.6. The summed E-state index contributed by atoms with van der Waals surface area (Å²) >= 11 is 0. The Morgan fingerprint density at radius 3 is 1.16 bits per heavy atom. The van der Waals surface area contributed by atoms with Crippen molar-refractivity contribution in [2.45, 2.75) is 182 Å². The van der Waals surface area contributed by atoms with Crippen molar-refractivity contribution < 1.29 is 45.5 Å². The first-order chi connectivity index (χ1) is 67.2. The number of piperazine rings is 3. The number of amides is 3. The number of para-hydroxylation sites is 3. The van der Waals surface area contributed by atoms with Crippen LogP contribution in [0.3, 0.4) is 0 Å². The summed E-state index contributed by atoms with van der Waals surface area (Å²) in [6.07, 6.45) is 9.55. The van der Waals surface area contributed by atoms with Gasteiger partial charge in [0, 0.05) is 137 Å². The van der Waals surface area contributed by atoms with Crippen LogP contribution in [0.5, 0.6) is 0 Å². The van der Waals surface area contributed by atoms with Crippen molar-refractivity contribution >= 4 is 74.1 Å². The zero-order valence-electron chi connectivity index (χ0n) is 79.6. The van der Waals surface area contributed by atoms with Crippen LogP contribution in [-0.2, 0) is 64.4 Å². The molecule has 6 aliphatic rings. The number of aryl methyl sites for hydroxylation is 3. The van der Waals surface area contributed by atoms with Gasteiger partial charge in [0.1, 0.15) is 75.2 Å². The highest BCUT2D eigenvalue weighted by molar-refractivity contribution is 5.96. The molecule has 6 aromatic carbocycles. The average Bonchev–Trinajstić information content (AvgIpc) is 0.894. The van der Waals surface area contributed by atoms with Crippen molar-refractivity contribution in [1.82, 2.24) is 88.3 Å². The summed E-state index contributed by atoms with van der Waals surface area (Å²) in [6, 6.07) is 33.5. The fraction of sp³-hybridized carbons (Fsp3) is 0.330. The molecular weight excluding hydrogens is 1790 g/mol. The first-order valence-corrected chi connectivity index (χ1v) is 47.2. The van der Waals surface area contributed by atoms with E-state index in [-0.39, 0.29) is 172 Å². The van der Waals surface area contributed by atoms with E-state index in [1.807, 2.05) is 145 Å². The molecule has 6 aliphatic heterocycles. The van der Waals surface area contributed by atoms with Crippen molar-refractivity contribution in [3.63, 3.8) is 0 Å². The lowest BCUT2D eigenvalue weighted by Crippen LogP contribution is -2.58. The third-order valence-corrected chi connectivity index (χ3v) is 27.4. The van der Waals surface area contributed by atoms with Crippen molar-refractivity contribution in [1.29, 1.82) is 0 Å². The minimum absolute atomic E-state index is 0.00298. The van der Waals surface area contributed by atoms with Gasteiger partial charge in [-0.1, -0.05) is 163 Å². The molecule has 0 radical (unpaired) electrons. The molecule has 10 bridgehead atoms. The number of hydrogen-bond acceptors (Lipinski definition) is 20. The topological polar surface area (TPSA) is 292 Å². The number of hydrogen-bond donors (Lipinski definition) is 0. The minimum Gasteiger partial charge on any atom is -0.350 e. The van der Waals surface area contributed by atoms with Crippen LogP contribution in [0, 0.1) is 34.9 Å². The molecule has 3 amide bonds. The predicted octanol–water partition coefficient (Wildman–Crippen LogP) is 15.7. The monoisotopic (exact) mass is 1900 g/mol. The third-order valence-electron chi connectivity index (χ3n) is 27.4. The van der Waals surface area contributed by atoms with Crippen LogP contribution >= 0.6 is 0 Å². The Balaban J connectivity index is 0.000000139. The molecule has 5 atom stereocenters. The van der Waals surface area contributed by atoms with Gasteiger partial charge in [-0.25, -0.2) is 74.1 Å². The number of benzene rings is 6. The Labute approximate surface area is 802 Å². The van der Waals surface area contributed by atoms with E-state index in [0.717, 1.165) is 33.4 Å². The van der Waals surface area contributed by atoms with E-state index in [4.69, 9.17) is 15.0 Å². The molecule has 0 unspecified atom stereocenters. The van der Waals surface area contributed by atoms with Crippen molar-refractivity contribution in [3.05, 3.63) is 306 Å². The van der Waals surface area contributed by atoms with Gasteiger partial charge in [-0.15, -0.1) is 10.2 Å². The van der Waals surface area contributed by atoms with Crippen LogP contribution in [0.25, 0.3) is 83.9 Å². The molecule has 14 aromatic rings. The summed E-state index contributed by atoms with van der Waals surface area (Å²) in [7, 11) is 0. The second-order valence-electron chi connectivity index (χ2n) is 37.8. The van der Waals surface area contributed by atoms with Crippen LogP contribution in [0.1, 0.15) is 168 Å². The van der Waals surface area contributed by atoms with Gasteiger partial charge in [0.15, 0.2) is 16.9 Å². The number of rotatable bonds is 9. The van der Waals surface area contributed by atoms with E-state index in [1.165, 1.54) is 74.4 Å². The first-order valence-electron chi connectivity index (χ1n) is 47.2. The maximum Gasteiger partial charge on any atom is 0.355 e. The summed E-state index contributed by atoms with van der Waals surface area (Å²) < 4.78 is 104. The molecule has 0 saturated carbocycles. The van der Waals surface area contributed by atoms with Gasteiger partial charge >= 0.3 is 17.1 Å². The fourth-order valence-electron chi connectivity index (χ4n) is 20.5. The molecule has 140 heavy (non-hydrogen) atoms. The average molecular weight is 1900 g/mol. The van der Waals surface area contributed by atoms with Gasteiger partial charge in [0.2, 0.25) is 17.7 Å². The number of Topliss-reactive ketones (excluding diaryl/α,β-unsaturated/α-hetero) is 1. The third kappa shape index (κ3) is 17.7. The number of nitrogens with zero attached hydrogens (tertiary/aromatic N) is 21. The molecule has 8 aromatic heterocycles. The Hall–Kier alpha value is -15.3. The fourth-order valence-corrected chi connectivity index (χ4v) is 20.5. The Morgan fingerprint density at radius 1 is 0.379 bits per heavy atom. The molecule has 28 nitrogen and oxygen atoms in total. The van der Waals surface area contributed by atoms with Crippen molar-refractivity contribution in [2.24, 2.45) is 0 Å². The van der Waals surface area contributed by atoms with E-state index < -0.39 is 52.0 Å². The smallest absolute Gasteiger partial charge is 0.350 e. The van der Waals surface area contributed by atoms with Crippen LogP contribution in [0.15, 0.2) is 192 Å². The van der Waals surface area contributed by atoms with E-state index in [1.54, 1.807) is 66.8 Å². The van der Waals surface area contributed by atoms with Gasteiger partial charge in [-0.3, -0.25) is 23.9 Å². The van der Waals surface area contributed by atoms with E-state index >= 15 is 26.3 Å². The van der Waals surface area contributed by atoms with Gasteiger partial charge in [-0.2, -0.15) is 15.0 Å². The molecule has 34 heteroatoms. The van der Waals surface area contributed by atoms with E-state index in [9.17, 15) is 33.6 Å². The molecule has 14 heterocycles. The lowest BCUT2D eigenvalue weighted by atomic mass is 9.94. The lowest BCUT2D eigenvalue weighted by molar-refractivity contribution is -0.129. The number of fused-ring (bicyclic) bond motifs is 19. The summed E-state index contributed by atoms with van der Waals surface area (Å²) in [5.41, 5.74) is 7.20. The standard InChI is InChI=1S/C36H36F2N8O2.C35H34F2N8O2.C35H35F2N5O3/c1-6-30(47)44-17-22(5)45(18-21(44)4)34-27-16-29(38)32-31-24(10-8-12-28(31)37)15-25-19-43(42-41-25)14-13-23-9-7-11-26(20(2)3)33(23)46(35(27)39-32)36(48)40-34;1-6-29(46)43-15-21(5)44(16-20(43)4)33-26-14-28(37)31-30-22(9-8-12-27(30)36)13-24-18-42(41-40-24)17-23-10-7-11-25(19(2)3)32(23)45(34(26)38-31)35(47)39-33;1-5-29(44)40-15-16-41(21(4)19-40)33-26-18-28(37)31-30-23(11-8-14-27(30)36)17-24(43)12-6-9-22-10-7-13-25(20(2)3)32(22)42(34(26)38-31)35(45)39-33/h6-12,16,19-22H,1,13-15,17-18H2,2-5H3;6-12,14,18-21H,1,13,15-17H2,2-5H3;5,7-8,10-11,13-14,18,20-21H,1,6,9,12,15-17,19H2,2-4H3/t21-,22+;20-,21+;21-/m110/s1. The highest BCUT2D eigenvalue weighted by atomic mass is 19.1. The second kappa shape index (κ2) is 38.6. The van der Waals surface area contributed by atoms with Crippen LogP contribution in [-0.4, -0.2) is 188 Å². The number of carbonyl (C=O) groups excluding carboxylic acids is 4. The SMILES string of the molecule is C=CC(=O)N1CCN(c2nc(=O)n3c4nc(c(F)cc24)-c2c(F)cccc2CC(=O)CCCc2cccc(C(C)C)c2-3)[C@@H](C)C1.C=CC(=O)N1C[C@H](C)N(c2nc(=O)n3c4nc(c(F)cc24)-c2c(F)cccc2Cc2cn(nn2)CCc2cccc(C(C)C)c2-3)C[C@H]1C.C=CC(=O)N1C[C@H](C)N(c2nc(=O)n3c4nc(c(F)cc24)-c2c(F)cccc2Cc2cn(nn2)Cc2cccc(C(C)C)c2-3)C[C@H]1C. The zero-order chi connectivity index (χ0) is 99.0. The number of aromatic nitrogens is 15. The molecule has 20 rings (SSSR count). The number of pyridine rings is 3. The Kier molecular flexibility index (Phi) is 26.2. The molecule has 3 saturated heterocycles. The van der Waals surface area contributed by atoms with E-state index in [2.05, 4.69) is 55.3 Å². The first kappa shape index (κ1) is 95.1. The molecular formula is C106H105F6N21O7. The van der Waals surface area contributed by atoms with Crippen molar-refractivity contribution in [2.75, 3.05) is 60.5 Å². The summed E-state index contributed by atoms with van der Waals surface area (Å²) in [5, 5.41) is 18.2. The van der Waals surface area contributed by atoms with Gasteiger partial charge in [0.05, 0.1) is 51.2 Å². The predicted molar refractivity (Wildman–Crippen MR) is 524 cm³/mol. The van der Waals surface area contributed by atoms with Crippen LogP contribution in [0.4, 0.5) is 43.8 Å². The highest BCUT2D eigenvalue weighted by Crippen LogP contribution is 2.43. The Morgan fingerprint density at radius 2 is 0.743 bits per heavy atom. The largest absolute Gasteiger partial charge is 0.355 e. The van der Waals surface area contributed by atoms with Crippen LogP contribution < -0.4 is 31.8 Å². The van der Waals surface area contributed by atoms with Crippen LogP contribution in [0.2, 0.25) is 0 Å². The van der Waals surface area contributed by atoms with Gasteiger partial charge in [0.25, 0.3) is 0 Å². The number of carbonyl (C=O) groups is 4. The molecule has 718 valence electrons. The normalized spacial score (nSPS) is 17.5. The molecule has 0 spiro atoms. The maximum atomic E-state index is 16.5. The molecule has 3 fully saturated rings. The van der Waals surface area contributed by atoms with E-state index in [0.29, 0.717) is 133 Å². The molecule has 0 aliphatic carbocycles. The second-order valence-corrected chi connectivity index (χ2v) is 37.8. The van der Waals surface area contributed by atoms with Crippen molar-refractivity contribution in [3.8, 4) is 50.8 Å². The lowest BCUT2D eigenvalue weighted by Gasteiger charge is -2.44. The number of ketones is 1. The summed E-state index contributed by atoms with van der Waals surface area (Å²) in [6.45, 7) is 35.8. The summed E-state index contributed by atoms with van der Waals surface area (Å²) in [4.78, 5) is 133. The quantitative estimate of drug-likeness (QED) is 0.0958. The molecule has 0 N–H and O–H groups in total. The Bertz CT molecular complexity index is 7610. The van der Waals surface area contributed by atoms with Gasteiger partial charge < -0.3 is 29.4 Å². The maximum absolute atomic E-state index is 16.5. The highest BCUT2D eigenvalue weighted by Gasteiger charge is 2.40. The minimum atomic E-state index is -0.796. The summed E-state index contributed by atoms with van der Waals surface area (Å²) in [5.74, 6) is -4.19. The number of anilines is 3.